The van der Waals surface area contributed by atoms with E-state index < -0.39 is 0 Å². The number of aryl methyl sites for hydroxylation is 1. The Kier molecular flexibility index (Phi) is 7.70. The first-order valence-electron chi connectivity index (χ1n) is 13.1. The molecule has 2 fully saturated rings. The lowest BCUT2D eigenvalue weighted by atomic mass is 10.1. The van der Waals surface area contributed by atoms with Crippen molar-refractivity contribution in [2.75, 3.05) is 61.3 Å². The highest BCUT2D eigenvalue weighted by atomic mass is 16.5. The maximum atomic E-state index is 11.7. The first-order chi connectivity index (χ1) is 18.1. The topological polar surface area (TPSA) is 110 Å². The van der Waals surface area contributed by atoms with Crippen LogP contribution < -0.4 is 15.5 Å². The van der Waals surface area contributed by atoms with Crippen LogP contribution in [0.15, 0.2) is 36.7 Å². The van der Waals surface area contributed by atoms with Crippen molar-refractivity contribution in [3.63, 3.8) is 0 Å². The molecule has 10 nitrogen and oxygen atoms in total. The summed E-state index contributed by atoms with van der Waals surface area (Å²) in [7, 11) is 0. The molecule has 194 valence electrons. The SMILES string of the molecule is CCc1cc(N2CCN3CCC[C@@H]3C2)ccc1Nc1ncc(C#N)c(NCCCN2CC=COC2=O)n1. The first kappa shape index (κ1) is 24.8. The molecule has 0 spiro atoms. The second-order valence-electron chi connectivity index (χ2n) is 9.65. The van der Waals surface area contributed by atoms with Gasteiger partial charge in [0.1, 0.15) is 17.5 Å². The van der Waals surface area contributed by atoms with Gasteiger partial charge in [-0.15, -0.1) is 0 Å². The van der Waals surface area contributed by atoms with Crippen molar-refractivity contribution in [1.82, 2.24) is 19.8 Å². The van der Waals surface area contributed by atoms with Gasteiger partial charge in [-0.3, -0.25) is 4.90 Å². The van der Waals surface area contributed by atoms with Gasteiger partial charge in [-0.1, -0.05) is 6.92 Å². The number of anilines is 4. The highest BCUT2D eigenvalue weighted by Crippen LogP contribution is 2.30. The van der Waals surface area contributed by atoms with Crippen LogP contribution in [0.1, 0.15) is 37.3 Å². The summed E-state index contributed by atoms with van der Waals surface area (Å²) in [5.74, 6) is 0.915. The van der Waals surface area contributed by atoms with E-state index in [1.165, 1.54) is 43.1 Å². The average molecular weight is 503 g/mol. The minimum absolute atomic E-state index is 0.340. The number of hydrogen-bond donors (Lipinski definition) is 2. The summed E-state index contributed by atoms with van der Waals surface area (Å²) in [5.41, 5.74) is 3.82. The summed E-state index contributed by atoms with van der Waals surface area (Å²) < 4.78 is 4.90. The summed E-state index contributed by atoms with van der Waals surface area (Å²) in [4.78, 5) is 27.4. The molecule has 2 saturated heterocycles. The van der Waals surface area contributed by atoms with E-state index in [-0.39, 0.29) is 6.09 Å². The van der Waals surface area contributed by atoms with Crippen molar-refractivity contribution in [2.45, 2.75) is 38.6 Å². The lowest BCUT2D eigenvalue weighted by molar-refractivity contribution is 0.133. The number of piperazine rings is 1. The van der Waals surface area contributed by atoms with Crippen LogP contribution in [-0.2, 0) is 11.2 Å². The Hall–Kier alpha value is -3.84. The van der Waals surface area contributed by atoms with Crippen molar-refractivity contribution in [3.05, 3.63) is 47.9 Å². The van der Waals surface area contributed by atoms with E-state index in [0.717, 1.165) is 31.7 Å². The maximum Gasteiger partial charge on any atom is 0.414 e. The fraction of sp³-hybridized carbons (Fsp3) is 0.481. The molecule has 3 aliphatic rings. The number of amides is 1. The maximum absolute atomic E-state index is 11.7. The molecular weight excluding hydrogens is 468 g/mol. The largest absolute Gasteiger partial charge is 0.418 e. The fourth-order valence-electron chi connectivity index (χ4n) is 5.28. The van der Waals surface area contributed by atoms with Crippen LogP contribution in [0.3, 0.4) is 0 Å². The molecule has 10 heteroatoms. The van der Waals surface area contributed by atoms with E-state index in [2.05, 4.69) is 61.6 Å². The number of carbonyl (C=O) groups excluding carboxylic acids is 1. The van der Waals surface area contributed by atoms with Crippen molar-refractivity contribution in [3.8, 4) is 6.07 Å². The van der Waals surface area contributed by atoms with Crippen LogP contribution in [0.2, 0.25) is 0 Å². The fourth-order valence-corrected chi connectivity index (χ4v) is 5.28. The van der Waals surface area contributed by atoms with Gasteiger partial charge in [0.15, 0.2) is 0 Å². The molecule has 4 heterocycles. The average Bonchev–Trinajstić information content (AvgIpc) is 3.40. The Labute approximate surface area is 217 Å². The first-order valence-corrected chi connectivity index (χ1v) is 13.1. The van der Waals surface area contributed by atoms with Crippen LogP contribution in [0.4, 0.5) is 27.9 Å². The summed E-state index contributed by atoms with van der Waals surface area (Å²) in [5, 5.41) is 16.1. The molecule has 0 bridgehead atoms. The molecule has 1 aromatic heterocycles. The third kappa shape index (κ3) is 5.78. The Bertz CT molecular complexity index is 1190. The van der Waals surface area contributed by atoms with Gasteiger partial charge in [0, 0.05) is 56.7 Å². The van der Waals surface area contributed by atoms with Crippen LogP contribution in [-0.4, -0.2) is 77.7 Å². The van der Waals surface area contributed by atoms with E-state index in [0.29, 0.717) is 49.4 Å². The number of rotatable bonds is 9. The number of ether oxygens (including phenoxy) is 1. The lowest BCUT2D eigenvalue weighted by Crippen LogP contribution is -2.50. The number of hydrogen-bond acceptors (Lipinski definition) is 9. The van der Waals surface area contributed by atoms with Gasteiger partial charge < -0.3 is 25.2 Å². The van der Waals surface area contributed by atoms with Crippen LogP contribution in [0.5, 0.6) is 0 Å². The second-order valence-corrected chi connectivity index (χ2v) is 9.65. The molecule has 3 aliphatic heterocycles. The Morgan fingerprint density at radius 3 is 3.03 bits per heavy atom. The number of benzene rings is 1. The van der Waals surface area contributed by atoms with Crippen molar-refractivity contribution in [2.24, 2.45) is 0 Å². The number of aromatic nitrogens is 2. The molecule has 0 unspecified atom stereocenters. The third-order valence-corrected chi connectivity index (χ3v) is 7.32. The van der Waals surface area contributed by atoms with Gasteiger partial charge in [0.2, 0.25) is 5.95 Å². The molecule has 37 heavy (non-hydrogen) atoms. The summed E-state index contributed by atoms with van der Waals surface area (Å²) in [6, 6.07) is 9.39. The second kappa shape index (κ2) is 11.5. The summed E-state index contributed by atoms with van der Waals surface area (Å²) in [6.07, 6.45) is 8.60. The van der Waals surface area contributed by atoms with Gasteiger partial charge in [0.05, 0.1) is 12.5 Å². The van der Waals surface area contributed by atoms with E-state index in [1.807, 2.05) is 0 Å². The minimum atomic E-state index is -0.340. The number of fused-ring (bicyclic) bond motifs is 1. The smallest absolute Gasteiger partial charge is 0.414 e. The number of carbonyl (C=O) groups is 1. The molecule has 2 aromatic rings. The van der Waals surface area contributed by atoms with Crippen molar-refractivity contribution >= 4 is 29.2 Å². The van der Waals surface area contributed by atoms with Crippen molar-refractivity contribution in [1.29, 1.82) is 5.26 Å². The van der Waals surface area contributed by atoms with Gasteiger partial charge in [-0.25, -0.2) is 9.78 Å². The molecule has 0 aliphatic carbocycles. The monoisotopic (exact) mass is 502 g/mol. The minimum Gasteiger partial charge on any atom is -0.418 e. The predicted molar refractivity (Wildman–Crippen MR) is 143 cm³/mol. The number of nitriles is 1. The van der Waals surface area contributed by atoms with E-state index >= 15 is 0 Å². The van der Waals surface area contributed by atoms with E-state index in [1.54, 1.807) is 11.0 Å². The molecule has 2 N–H and O–H groups in total. The van der Waals surface area contributed by atoms with Crippen LogP contribution >= 0.6 is 0 Å². The third-order valence-electron chi connectivity index (χ3n) is 7.32. The highest BCUT2D eigenvalue weighted by molar-refractivity contribution is 5.69. The van der Waals surface area contributed by atoms with Gasteiger partial charge in [0.25, 0.3) is 0 Å². The normalized spacial score (nSPS) is 19.4. The summed E-state index contributed by atoms with van der Waals surface area (Å²) >= 11 is 0. The van der Waals surface area contributed by atoms with E-state index in [4.69, 9.17) is 4.74 Å². The van der Waals surface area contributed by atoms with Crippen molar-refractivity contribution < 1.29 is 9.53 Å². The van der Waals surface area contributed by atoms with E-state index in [9.17, 15) is 10.1 Å². The Balaban J connectivity index is 1.22. The quantitative estimate of drug-likeness (QED) is 0.496. The molecule has 1 aromatic carbocycles. The zero-order chi connectivity index (χ0) is 25.6. The molecular formula is C27H34N8O2. The van der Waals surface area contributed by atoms with Crippen LogP contribution in [0, 0.1) is 11.3 Å². The molecule has 5 rings (SSSR count). The van der Waals surface area contributed by atoms with Gasteiger partial charge >= 0.3 is 6.09 Å². The zero-order valence-electron chi connectivity index (χ0n) is 21.3. The highest BCUT2D eigenvalue weighted by Gasteiger charge is 2.30. The zero-order valence-corrected chi connectivity index (χ0v) is 21.3. The standard InChI is InChI=1S/C27H34N8O2/c1-2-20-16-22(35-14-13-33-10-3-6-23(33)19-35)7-8-24(20)31-26-30-18-21(17-28)25(32-26)29-9-4-11-34-12-5-15-37-27(34)36/h5,7-8,15-16,18,23H,2-4,6,9-14,19H2,1H3,(H2,29,30,31,32)/t23-/m1/s1. The molecule has 0 radical (unpaired) electrons. The number of cyclic esters (lactones) is 1. The Morgan fingerprint density at radius 1 is 1.27 bits per heavy atom. The van der Waals surface area contributed by atoms with Gasteiger partial charge in [-0.2, -0.15) is 10.2 Å². The number of nitrogens with one attached hydrogen (secondary N) is 2. The predicted octanol–water partition coefficient (Wildman–Crippen LogP) is 3.71. The molecule has 0 saturated carbocycles. The Morgan fingerprint density at radius 2 is 2.19 bits per heavy atom. The van der Waals surface area contributed by atoms with Gasteiger partial charge in [-0.05, 0) is 62.1 Å². The molecule has 1 atom stereocenters. The summed E-state index contributed by atoms with van der Waals surface area (Å²) in [6.45, 7) is 8.35. The molecule has 1 amide bonds. The lowest BCUT2D eigenvalue weighted by Gasteiger charge is -2.39. The number of nitrogens with zero attached hydrogens (tertiary/aromatic N) is 6. The van der Waals surface area contributed by atoms with Crippen LogP contribution in [0.25, 0.3) is 0 Å².